The van der Waals surface area contributed by atoms with Crippen LogP contribution in [0.25, 0.3) is 0 Å². The van der Waals surface area contributed by atoms with Gasteiger partial charge in [0.1, 0.15) is 0 Å². The normalized spacial score (nSPS) is 21.3. The molecule has 1 rings (SSSR count). The molecule has 1 heterocycles. The van der Waals surface area contributed by atoms with Crippen LogP contribution in [0.1, 0.15) is 65.7 Å². The van der Waals surface area contributed by atoms with Crippen LogP contribution in [0, 0.1) is 11.3 Å². The zero-order valence-corrected chi connectivity index (χ0v) is 13.1. The topological polar surface area (TPSA) is 46.3 Å². The molecule has 0 aromatic rings. The Bertz CT molecular complexity index is 266. The fourth-order valence-electron chi connectivity index (χ4n) is 3.33. The summed E-state index contributed by atoms with van der Waals surface area (Å²) in [6, 6.07) is 0. The van der Waals surface area contributed by atoms with Gasteiger partial charge in [0.2, 0.25) is 5.91 Å². The molecule has 1 aliphatic rings. The summed E-state index contributed by atoms with van der Waals surface area (Å²) in [5.41, 5.74) is 5.59. The third kappa shape index (κ3) is 3.95. The monoisotopic (exact) mass is 268 g/mol. The first-order chi connectivity index (χ1) is 9.13. The zero-order valence-electron chi connectivity index (χ0n) is 13.1. The summed E-state index contributed by atoms with van der Waals surface area (Å²) in [6.07, 6.45) is 7.89. The van der Waals surface area contributed by atoms with Crippen molar-refractivity contribution in [2.24, 2.45) is 17.1 Å². The van der Waals surface area contributed by atoms with E-state index in [1.165, 1.54) is 25.7 Å². The van der Waals surface area contributed by atoms with Gasteiger partial charge in [-0.15, -0.1) is 0 Å². The second-order valence-electron chi connectivity index (χ2n) is 6.07. The van der Waals surface area contributed by atoms with Gasteiger partial charge in [-0.25, -0.2) is 0 Å². The molecule has 1 saturated heterocycles. The minimum Gasteiger partial charge on any atom is -0.342 e. The van der Waals surface area contributed by atoms with Crippen molar-refractivity contribution in [3.8, 4) is 0 Å². The summed E-state index contributed by atoms with van der Waals surface area (Å²) >= 11 is 0. The van der Waals surface area contributed by atoms with E-state index in [4.69, 9.17) is 5.73 Å². The van der Waals surface area contributed by atoms with E-state index in [1.54, 1.807) is 0 Å². The standard InChI is InChI=1S/C16H32N2O/c1-4-8-14-9-7-11-18(12-10-14)15(19)16(5-2,6-3)13-17/h14H,4-13,17H2,1-3H3. The van der Waals surface area contributed by atoms with Gasteiger partial charge in [-0.1, -0.05) is 33.6 Å². The Balaban J connectivity index is 2.66. The molecule has 0 bridgehead atoms. The van der Waals surface area contributed by atoms with Crippen LogP contribution in [0.3, 0.4) is 0 Å². The number of nitrogens with zero attached hydrogens (tertiary/aromatic N) is 1. The molecule has 3 nitrogen and oxygen atoms in total. The van der Waals surface area contributed by atoms with Crippen molar-refractivity contribution in [2.45, 2.75) is 65.7 Å². The Labute approximate surface area is 118 Å². The van der Waals surface area contributed by atoms with E-state index in [0.717, 1.165) is 38.3 Å². The molecule has 0 aliphatic carbocycles. The van der Waals surface area contributed by atoms with Crippen LogP contribution in [0.15, 0.2) is 0 Å². The lowest BCUT2D eigenvalue weighted by Crippen LogP contribution is -2.48. The second kappa shape index (κ2) is 7.88. The molecule has 0 saturated carbocycles. The van der Waals surface area contributed by atoms with Crippen LogP contribution in [-0.2, 0) is 4.79 Å². The Hall–Kier alpha value is -0.570. The summed E-state index contributed by atoms with van der Waals surface area (Å²) in [5, 5.41) is 0. The quantitative estimate of drug-likeness (QED) is 0.804. The van der Waals surface area contributed by atoms with Crippen molar-refractivity contribution < 1.29 is 4.79 Å². The maximum absolute atomic E-state index is 12.8. The summed E-state index contributed by atoms with van der Waals surface area (Å²) < 4.78 is 0. The van der Waals surface area contributed by atoms with Gasteiger partial charge in [-0.05, 0) is 38.0 Å². The molecule has 2 N–H and O–H groups in total. The van der Waals surface area contributed by atoms with Crippen LogP contribution >= 0.6 is 0 Å². The van der Waals surface area contributed by atoms with E-state index in [2.05, 4.69) is 25.7 Å². The highest BCUT2D eigenvalue weighted by Gasteiger charge is 2.37. The number of carbonyl (C=O) groups is 1. The first-order valence-electron chi connectivity index (χ1n) is 8.13. The van der Waals surface area contributed by atoms with E-state index < -0.39 is 0 Å². The molecule has 0 radical (unpaired) electrons. The fourth-order valence-corrected chi connectivity index (χ4v) is 3.33. The summed E-state index contributed by atoms with van der Waals surface area (Å²) in [5.74, 6) is 1.12. The summed E-state index contributed by atoms with van der Waals surface area (Å²) in [6.45, 7) is 8.78. The SMILES string of the molecule is CCCC1CCCN(C(=O)C(CC)(CC)CN)CC1. The molecule has 1 fully saturated rings. The van der Waals surface area contributed by atoms with Gasteiger partial charge in [-0.3, -0.25) is 4.79 Å². The molecule has 3 heteroatoms. The molecular weight excluding hydrogens is 236 g/mol. The predicted molar refractivity (Wildman–Crippen MR) is 80.9 cm³/mol. The molecule has 1 amide bonds. The van der Waals surface area contributed by atoms with Gasteiger partial charge in [0.25, 0.3) is 0 Å². The van der Waals surface area contributed by atoms with Crippen LogP contribution in [0.2, 0.25) is 0 Å². The van der Waals surface area contributed by atoms with Crippen LogP contribution < -0.4 is 5.73 Å². The Kier molecular flexibility index (Phi) is 6.84. The lowest BCUT2D eigenvalue weighted by molar-refractivity contribution is -0.142. The van der Waals surface area contributed by atoms with Crippen molar-refractivity contribution in [2.75, 3.05) is 19.6 Å². The van der Waals surface area contributed by atoms with Gasteiger partial charge < -0.3 is 10.6 Å². The van der Waals surface area contributed by atoms with Crippen LogP contribution in [0.5, 0.6) is 0 Å². The van der Waals surface area contributed by atoms with Gasteiger partial charge in [0.05, 0.1) is 5.41 Å². The molecule has 1 atom stereocenters. The van der Waals surface area contributed by atoms with E-state index in [1.807, 2.05) is 0 Å². The van der Waals surface area contributed by atoms with Gasteiger partial charge in [-0.2, -0.15) is 0 Å². The van der Waals surface area contributed by atoms with E-state index >= 15 is 0 Å². The minimum atomic E-state index is -0.315. The number of likely N-dealkylation sites (tertiary alicyclic amines) is 1. The maximum Gasteiger partial charge on any atom is 0.230 e. The third-order valence-electron chi connectivity index (χ3n) is 5.03. The average Bonchev–Trinajstić information content (AvgIpc) is 2.67. The van der Waals surface area contributed by atoms with Gasteiger partial charge in [0, 0.05) is 19.6 Å². The van der Waals surface area contributed by atoms with Crippen molar-refractivity contribution in [1.82, 2.24) is 4.90 Å². The number of hydrogen-bond donors (Lipinski definition) is 1. The second-order valence-corrected chi connectivity index (χ2v) is 6.07. The molecule has 1 unspecified atom stereocenters. The van der Waals surface area contributed by atoms with Crippen LogP contribution in [-0.4, -0.2) is 30.4 Å². The van der Waals surface area contributed by atoms with Crippen molar-refractivity contribution in [3.63, 3.8) is 0 Å². The van der Waals surface area contributed by atoms with E-state index in [-0.39, 0.29) is 5.41 Å². The van der Waals surface area contributed by atoms with Gasteiger partial charge >= 0.3 is 0 Å². The average molecular weight is 268 g/mol. The van der Waals surface area contributed by atoms with Crippen molar-refractivity contribution >= 4 is 5.91 Å². The Morgan fingerprint density at radius 3 is 2.42 bits per heavy atom. The Morgan fingerprint density at radius 1 is 1.21 bits per heavy atom. The highest BCUT2D eigenvalue weighted by Crippen LogP contribution is 2.30. The minimum absolute atomic E-state index is 0.303. The molecule has 0 aromatic carbocycles. The third-order valence-corrected chi connectivity index (χ3v) is 5.03. The first kappa shape index (κ1) is 16.5. The maximum atomic E-state index is 12.8. The zero-order chi connectivity index (χ0) is 14.3. The van der Waals surface area contributed by atoms with E-state index in [9.17, 15) is 4.79 Å². The predicted octanol–water partition coefficient (Wildman–Crippen LogP) is 3.18. The lowest BCUT2D eigenvalue weighted by Gasteiger charge is -2.34. The molecular formula is C16H32N2O. The lowest BCUT2D eigenvalue weighted by atomic mass is 9.81. The molecule has 1 aliphatic heterocycles. The summed E-state index contributed by atoms with van der Waals surface area (Å²) in [4.78, 5) is 14.9. The largest absolute Gasteiger partial charge is 0.342 e. The fraction of sp³-hybridized carbons (Fsp3) is 0.938. The number of amides is 1. The highest BCUT2D eigenvalue weighted by atomic mass is 16.2. The van der Waals surface area contributed by atoms with Crippen LogP contribution in [0.4, 0.5) is 0 Å². The molecule has 19 heavy (non-hydrogen) atoms. The van der Waals surface area contributed by atoms with Crippen molar-refractivity contribution in [3.05, 3.63) is 0 Å². The van der Waals surface area contributed by atoms with Crippen molar-refractivity contribution in [1.29, 1.82) is 0 Å². The summed E-state index contributed by atoms with van der Waals surface area (Å²) in [7, 11) is 0. The smallest absolute Gasteiger partial charge is 0.230 e. The number of hydrogen-bond acceptors (Lipinski definition) is 2. The Morgan fingerprint density at radius 2 is 1.89 bits per heavy atom. The van der Waals surface area contributed by atoms with E-state index in [0.29, 0.717) is 12.5 Å². The molecule has 112 valence electrons. The first-order valence-corrected chi connectivity index (χ1v) is 8.13. The molecule has 0 spiro atoms. The number of nitrogens with two attached hydrogens (primary N) is 1. The highest BCUT2D eigenvalue weighted by molar-refractivity contribution is 5.83. The number of carbonyl (C=O) groups excluding carboxylic acids is 1. The molecule has 0 aromatic heterocycles. The number of rotatable bonds is 6. The van der Waals surface area contributed by atoms with Gasteiger partial charge in [0.15, 0.2) is 0 Å².